The van der Waals surface area contributed by atoms with Gasteiger partial charge in [0.05, 0.1) is 17.3 Å². The maximum Gasteiger partial charge on any atom is 0.234 e. The number of aromatic nitrogens is 1. The van der Waals surface area contributed by atoms with Crippen molar-refractivity contribution >= 4 is 17.3 Å². The molecule has 0 bridgehead atoms. The number of fused-ring (bicyclic) bond motifs is 1. The molecular weight excluding hydrogens is 238 g/mol. The van der Waals surface area contributed by atoms with E-state index in [1.807, 2.05) is 30.3 Å². The van der Waals surface area contributed by atoms with E-state index < -0.39 is 0 Å². The second kappa shape index (κ2) is 4.39. The normalized spacial score (nSPS) is 17.6. The van der Waals surface area contributed by atoms with E-state index in [2.05, 4.69) is 4.98 Å². The van der Waals surface area contributed by atoms with Crippen LogP contribution in [0.15, 0.2) is 42.7 Å². The Morgan fingerprint density at radius 2 is 2.00 bits per heavy atom. The fraction of sp³-hybridized carbons (Fsp3) is 0.200. The predicted octanol–water partition coefficient (Wildman–Crippen LogP) is 1.97. The Hall–Kier alpha value is -2.36. The highest BCUT2D eigenvalue weighted by atomic mass is 16.2. The van der Waals surface area contributed by atoms with Crippen molar-refractivity contribution in [3.8, 4) is 0 Å². The minimum Gasteiger partial charge on any atom is -0.397 e. The van der Waals surface area contributed by atoms with Crippen LogP contribution in [0.3, 0.4) is 0 Å². The minimum atomic E-state index is -0.147. The predicted molar refractivity (Wildman–Crippen MR) is 74.9 cm³/mol. The molecule has 4 nitrogen and oxygen atoms in total. The summed E-state index contributed by atoms with van der Waals surface area (Å²) >= 11 is 0. The van der Waals surface area contributed by atoms with Crippen LogP contribution in [0, 0.1) is 0 Å². The van der Waals surface area contributed by atoms with E-state index in [1.165, 1.54) is 0 Å². The van der Waals surface area contributed by atoms with E-state index in [0.717, 1.165) is 16.8 Å². The van der Waals surface area contributed by atoms with Crippen molar-refractivity contribution in [2.75, 3.05) is 17.7 Å². The molecule has 0 fully saturated rings. The Morgan fingerprint density at radius 1 is 1.26 bits per heavy atom. The molecule has 2 aromatic rings. The zero-order valence-corrected chi connectivity index (χ0v) is 10.7. The smallest absolute Gasteiger partial charge is 0.234 e. The third-order valence-electron chi connectivity index (χ3n) is 3.63. The molecule has 1 atom stereocenters. The first-order valence-electron chi connectivity index (χ1n) is 6.23. The van der Waals surface area contributed by atoms with Crippen molar-refractivity contribution in [2.45, 2.75) is 12.3 Å². The van der Waals surface area contributed by atoms with Crippen molar-refractivity contribution in [1.29, 1.82) is 0 Å². The maximum absolute atomic E-state index is 12.4. The molecule has 4 heteroatoms. The van der Waals surface area contributed by atoms with E-state index in [9.17, 15) is 4.79 Å². The monoisotopic (exact) mass is 253 g/mol. The van der Waals surface area contributed by atoms with Crippen LogP contribution in [0.5, 0.6) is 0 Å². The van der Waals surface area contributed by atoms with Gasteiger partial charge in [0, 0.05) is 19.4 Å². The average Bonchev–Trinajstić information content (AvgIpc) is 2.66. The number of nitrogen functional groups attached to an aromatic ring is 1. The summed E-state index contributed by atoms with van der Waals surface area (Å²) in [5.41, 5.74) is 9.61. The fourth-order valence-corrected chi connectivity index (χ4v) is 2.68. The van der Waals surface area contributed by atoms with Gasteiger partial charge in [-0.1, -0.05) is 12.1 Å². The molecule has 2 heterocycles. The Morgan fingerprint density at radius 3 is 2.74 bits per heavy atom. The van der Waals surface area contributed by atoms with Crippen molar-refractivity contribution in [3.05, 3.63) is 53.9 Å². The summed E-state index contributed by atoms with van der Waals surface area (Å²) in [6.07, 6.45) is 4.18. The quantitative estimate of drug-likeness (QED) is 0.832. The number of amides is 1. The number of nitrogens with two attached hydrogens (primary N) is 1. The summed E-state index contributed by atoms with van der Waals surface area (Å²) in [6, 6.07) is 9.60. The molecule has 1 aliphatic heterocycles. The lowest BCUT2D eigenvalue weighted by Crippen LogP contribution is -2.25. The molecule has 2 N–H and O–H groups in total. The molecule has 1 aliphatic rings. The van der Waals surface area contributed by atoms with Gasteiger partial charge in [-0.25, -0.2) is 0 Å². The lowest BCUT2D eigenvalue weighted by atomic mass is 9.93. The van der Waals surface area contributed by atoms with E-state index in [-0.39, 0.29) is 11.8 Å². The third-order valence-corrected chi connectivity index (χ3v) is 3.63. The van der Waals surface area contributed by atoms with Crippen molar-refractivity contribution < 1.29 is 4.79 Å². The van der Waals surface area contributed by atoms with Gasteiger partial charge in [0.2, 0.25) is 5.91 Å². The largest absolute Gasteiger partial charge is 0.397 e. The number of benzene rings is 1. The van der Waals surface area contributed by atoms with Crippen LogP contribution in [0.2, 0.25) is 0 Å². The highest BCUT2D eigenvalue weighted by Crippen LogP contribution is 2.41. The number of pyridine rings is 1. The van der Waals surface area contributed by atoms with Crippen LogP contribution in [0.1, 0.15) is 17.0 Å². The zero-order chi connectivity index (χ0) is 13.4. The molecule has 3 rings (SSSR count). The van der Waals surface area contributed by atoms with Gasteiger partial charge in [0.15, 0.2) is 0 Å². The second-order valence-electron chi connectivity index (χ2n) is 4.79. The zero-order valence-electron chi connectivity index (χ0n) is 10.7. The number of nitrogens with zero attached hydrogens (tertiary/aromatic N) is 2. The number of rotatable bonds is 2. The molecule has 0 aliphatic carbocycles. The van der Waals surface area contributed by atoms with Crippen molar-refractivity contribution in [3.63, 3.8) is 0 Å². The van der Waals surface area contributed by atoms with Gasteiger partial charge < -0.3 is 10.6 Å². The molecule has 0 saturated carbocycles. The molecule has 19 heavy (non-hydrogen) atoms. The number of hydrogen-bond donors (Lipinski definition) is 1. The van der Waals surface area contributed by atoms with E-state index >= 15 is 0 Å². The number of anilines is 2. The highest BCUT2D eigenvalue weighted by molar-refractivity contribution is 6.07. The van der Waals surface area contributed by atoms with E-state index in [1.54, 1.807) is 24.3 Å². The Labute approximate surface area is 111 Å². The van der Waals surface area contributed by atoms with Gasteiger partial charge in [-0.05, 0) is 35.7 Å². The Balaban J connectivity index is 2.00. The topological polar surface area (TPSA) is 59.2 Å². The van der Waals surface area contributed by atoms with Crippen LogP contribution in [0.25, 0.3) is 0 Å². The van der Waals surface area contributed by atoms with Crippen LogP contribution < -0.4 is 10.6 Å². The van der Waals surface area contributed by atoms with Gasteiger partial charge >= 0.3 is 0 Å². The molecule has 0 saturated heterocycles. The van der Waals surface area contributed by atoms with Crippen LogP contribution in [-0.4, -0.2) is 17.9 Å². The number of para-hydroxylation sites is 1. The first kappa shape index (κ1) is 11.7. The maximum atomic E-state index is 12.4. The molecular formula is C15H15N3O. The summed E-state index contributed by atoms with van der Waals surface area (Å²) in [4.78, 5) is 18.0. The van der Waals surface area contributed by atoms with Crippen LogP contribution in [-0.2, 0) is 11.2 Å². The van der Waals surface area contributed by atoms with Crippen LogP contribution >= 0.6 is 0 Å². The molecule has 0 spiro atoms. The van der Waals surface area contributed by atoms with Gasteiger partial charge in [-0.2, -0.15) is 0 Å². The van der Waals surface area contributed by atoms with Crippen molar-refractivity contribution in [1.82, 2.24) is 4.98 Å². The minimum absolute atomic E-state index is 0.102. The molecule has 1 unspecified atom stereocenters. The van der Waals surface area contributed by atoms with Crippen LogP contribution in [0.4, 0.5) is 11.4 Å². The molecule has 1 aromatic heterocycles. The number of hydrogen-bond acceptors (Lipinski definition) is 3. The summed E-state index contributed by atoms with van der Waals surface area (Å²) < 4.78 is 0. The first-order valence-corrected chi connectivity index (χ1v) is 6.23. The average molecular weight is 253 g/mol. The fourth-order valence-electron chi connectivity index (χ4n) is 2.68. The van der Waals surface area contributed by atoms with Gasteiger partial charge in [0.1, 0.15) is 0 Å². The van der Waals surface area contributed by atoms with E-state index in [0.29, 0.717) is 12.1 Å². The lowest BCUT2D eigenvalue weighted by molar-refractivity contribution is -0.119. The van der Waals surface area contributed by atoms with Crippen molar-refractivity contribution in [2.24, 2.45) is 0 Å². The van der Waals surface area contributed by atoms with E-state index in [4.69, 9.17) is 5.73 Å². The lowest BCUT2D eigenvalue weighted by Gasteiger charge is -2.12. The SMILES string of the molecule is CN1C(=O)C(Cc2ccncc2)c2cccc(N)c21. The summed E-state index contributed by atoms with van der Waals surface area (Å²) in [6.45, 7) is 0. The highest BCUT2D eigenvalue weighted by Gasteiger charge is 2.36. The second-order valence-corrected chi connectivity index (χ2v) is 4.79. The Kier molecular flexibility index (Phi) is 2.71. The van der Waals surface area contributed by atoms with Gasteiger partial charge in [-0.15, -0.1) is 0 Å². The molecule has 1 aromatic carbocycles. The van der Waals surface area contributed by atoms with Gasteiger partial charge in [0.25, 0.3) is 0 Å². The standard InChI is InChI=1S/C15H15N3O/c1-18-14-11(3-2-4-13(14)16)12(15(18)19)9-10-5-7-17-8-6-10/h2-8,12H,9,16H2,1H3. The molecule has 96 valence electrons. The first-order chi connectivity index (χ1) is 9.18. The summed E-state index contributed by atoms with van der Waals surface area (Å²) in [5.74, 6) is -0.0457. The summed E-state index contributed by atoms with van der Waals surface area (Å²) in [5, 5.41) is 0. The molecule has 0 radical (unpaired) electrons. The molecule has 1 amide bonds. The van der Waals surface area contributed by atoms with Gasteiger partial charge in [-0.3, -0.25) is 9.78 Å². The number of carbonyl (C=O) groups excluding carboxylic acids is 1. The number of likely N-dealkylation sites (N-methyl/N-ethyl adjacent to an activating group) is 1. The summed E-state index contributed by atoms with van der Waals surface area (Å²) in [7, 11) is 1.78. The Bertz CT molecular complexity index is 625. The number of carbonyl (C=O) groups is 1. The third kappa shape index (κ3) is 1.85.